The number of rotatable bonds is 9. The van der Waals surface area contributed by atoms with Crippen molar-refractivity contribution in [2.24, 2.45) is 5.10 Å². The van der Waals surface area contributed by atoms with Crippen molar-refractivity contribution >= 4 is 40.0 Å². The van der Waals surface area contributed by atoms with Crippen LogP contribution in [0.3, 0.4) is 0 Å². The molecule has 0 fully saturated rings. The van der Waals surface area contributed by atoms with Gasteiger partial charge < -0.3 is 9.47 Å². The molecule has 4 nitrogen and oxygen atoms in total. The van der Waals surface area contributed by atoms with Crippen LogP contribution in [0.5, 0.6) is 11.5 Å². The van der Waals surface area contributed by atoms with Crippen LogP contribution in [0.15, 0.2) is 151 Å². The second-order valence-corrected chi connectivity index (χ2v) is 10.1. The summed E-state index contributed by atoms with van der Waals surface area (Å²) in [6.07, 6.45) is 4.12. The van der Waals surface area contributed by atoms with Crippen LogP contribution in [0.2, 0.25) is 0 Å². The Morgan fingerprint density at radius 3 is 1.74 bits per heavy atom. The number of ether oxygens (including phenoxy) is 2. The Morgan fingerprint density at radius 1 is 0.558 bits per heavy atom. The molecule has 0 aromatic heterocycles. The Bertz CT molecular complexity index is 1800. The minimum Gasteiger partial charge on any atom is -0.497 e. The molecule has 0 aliphatic heterocycles. The molecular formula is C39H32N2O2. The highest BCUT2D eigenvalue weighted by Gasteiger charge is 2.11. The van der Waals surface area contributed by atoms with Crippen molar-refractivity contribution in [1.82, 2.24) is 0 Å². The van der Waals surface area contributed by atoms with Gasteiger partial charge in [-0.25, -0.2) is 5.01 Å². The summed E-state index contributed by atoms with van der Waals surface area (Å²) < 4.78 is 10.8. The molecule has 0 spiro atoms. The van der Waals surface area contributed by atoms with Gasteiger partial charge in [0.25, 0.3) is 0 Å². The lowest BCUT2D eigenvalue weighted by Crippen LogP contribution is -2.10. The van der Waals surface area contributed by atoms with Gasteiger partial charge >= 0.3 is 0 Å². The zero-order chi connectivity index (χ0) is 29.4. The lowest BCUT2D eigenvalue weighted by atomic mass is 9.95. The Hall–Kier alpha value is -5.61. The van der Waals surface area contributed by atoms with E-state index in [-0.39, 0.29) is 0 Å². The molecule has 210 valence electrons. The summed E-state index contributed by atoms with van der Waals surface area (Å²) in [6.45, 7) is 0. The third kappa shape index (κ3) is 6.34. The van der Waals surface area contributed by atoms with Gasteiger partial charge in [0, 0.05) is 5.39 Å². The average molecular weight is 561 g/mol. The molecule has 0 saturated heterocycles. The SMILES string of the molecule is COc1ccc(C(=Cc2ccc(C=NN(c3ccccc3)c3cccc4ccccc34)cc2)c2ccc(OC)cc2)cc1. The molecule has 0 aliphatic carbocycles. The molecule has 0 saturated carbocycles. The van der Waals surface area contributed by atoms with Crippen LogP contribution in [0.1, 0.15) is 22.3 Å². The first kappa shape index (κ1) is 27.6. The highest BCUT2D eigenvalue weighted by molar-refractivity contribution is 5.97. The van der Waals surface area contributed by atoms with Crippen LogP contribution in [0.4, 0.5) is 11.4 Å². The smallest absolute Gasteiger partial charge is 0.118 e. The van der Waals surface area contributed by atoms with Gasteiger partial charge in [-0.2, -0.15) is 5.10 Å². The Kier molecular flexibility index (Phi) is 8.28. The molecule has 0 amide bonds. The van der Waals surface area contributed by atoms with Crippen LogP contribution in [-0.4, -0.2) is 20.4 Å². The van der Waals surface area contributed by atoms with E-state index in [1.807, 2.05) is 53.7 Å². The highest BCUT2D eigenvalue weighted by atomic mass is 16.5. The largest absolute Gasteiger partial charge is 0.497 e. The third-order valence-corrected chi connectivity index (χ3v) is 7.37. The Morgan fingerprint density at radius 2 is 1.12 bits per heavy atom. The molecule has 0 bridgehead atoms. The summed E-state index contributed by atoms with van der Waals surface area (Å²) in [4.78, 5) is 0. The van der Waals surface area contributed by atoms with Crippen molar-refractivity contribution in [1.29, 1.82) is 0 Å². The van der Waals surface area contributed by atoms with Crippen LogP contribution in [0, 0.1) is 0 Å². The second-order valence-electron chi connectivity index (χ2n) is 10.1. The fourth-order valence-electron chi connectivity index (χ4n) is 5.07. The third-order valence-electron chi connectivity index (χ3n) is 7.37. The Labute approximate surface area is 252 Å². The maximum absolute atomic E-state index is 5.38. The number of methoxy groups -OCH3 is 2. The van der Waals surface area contributed by atoms with E-state index < -0.39 is 0 Å². The molecule has 43 heavy (non-hydrogen) atoms. The van der Waals surface area contributed by atoms with Crippen LogP contribution in [0.25, 0.3) is 22.4 Å². The number of hydrazone groups is 1. The summed E-state index contributed by atoms with van der Waals surface area (Å²) in [5.41, 5.74) is 7.44. The molecule has 0 atom stereocenters. The first-order valence-electron chi connectivity index (χ1n) is 14.2. The van der Waals surface area contributed by atoms with Crippen molar-refractivity contribution in [3.05, 3.63) is 168 Å². The molecule has 0 aliphatic rings. The van der Waals surface area contributed by atoms with Crippen molar-refractivity contribution in [2.45, 2.75) is 0 Å². The lowest BCUT2D eigenvalue weighted by molar-refractivity contribution is 0.414. The standard InChI is InChI=1S/C39H32N2O2/c1-42-35-23-19-32(20-24-35)38(33-21-25-36(43-2)26-22-33)27-29-15-17-30(18-16-29)28-40-41(34-11-4-3-5-12-34)39-14-8-10-31-9-6-7-13-37(31)39/h3-28H,1-2H3. The predicted molar refractivity (Wildman–Crippen MR) is 180 cm³/mol. The number of hydrogen-bond acceptors (Lipinski definition) is 4. The second kappa shape index (κ2) is 12.9. The number of hydrogen-bond donors (Lipinski definition) is 0. The lowest BCUT2D eigenvalue weighted by Gasteiger charge is -2.21. The van der Waals surface area contributed by atoms with E-state index in [1.54, 1.807) is 14.2 Å². The maximum atomic E-state index is 5.38. The van der Waals surface area contributed by atoms with Crippen LogP contribution >= 0.6 is 0 Å². The van der Waals surface area contributed by atoms with E-state index in [4.69, 9.17) is 14.6 Å². The summed E-state index contributed by atoms with van der Waals surface area (Å²) in [6, 6.07) is 49.7. The normalized spacial score (nSPS) is 10.9. The molecule has 0 unspecified atom stereocenters. The maximum Gasteiger partial charge on any atom is 0.118 e. The van der Waals surface area contributed by atoms with Gasteiger partial charge in [-0.3, -0.25) is 0 Å². The van der Waals surface area contributed by atoms with Gasteiger partial charge in [-0.05, 0) is 81.8 Å². The van der Waals surface area contributed by atoms with E-state index >= 15 is 0 Å². The number of para-hydroxylation sites is 1. The van der Waals surface area contributed by atoms with E-state index in [1.165, 1.54) is 5.39 Å². The Balaban J connectivity index is 1.33. The fraction of sp³-hybridized carbons (Fsp3) is 0.0513. The summed E-state index contributed by atoms with van der Waals surface area (Å²) in [5, 5.41) is 9.30. The van der Waals surface area contributed by atoms with E-state index in [2.05, 4.69) is 109 Å². The fourth-order valence-corrected chi connectivity index (χ4v) is 5.07. The first-order chi connectivity index (χ1) is 21.2. The molecule has 0 radical (unpaired) electrons. The molecule has 6 aromatic carbocycles. The molecule has 6 aromatic rings. The van der Waals surface area contributed by atoms with Crippen LogP contribution < -0.4 is 14.5 Å². The summed E-state index contributed by atoms with van der Waals surface area (Å²) >= 11 is 0. The topological polar surface area (TPSA) is 34.1 Å². The minimum atomic E-state index is 0.828. The van der Waals surface area contributed by atoms with Crippen molar-refractivity contribution in [2.75, 3.05) is 19.2 Å². The predicted octanol–water partition coefficient (Wildman–Crippen LogP) is 9.62. The van der Waals surface area contributed by atoms with Crippen molar-refractivity contribution in [3.63, 3.8) is 0 Å². The molecule has 0 heterocycles. The van der Waals surface area contributed by atoms with Gasteiger partial charge in [0.05, 0.1) is 31.8 Å². The van der Waals surface area contributed by atoms with Gasteiger partial charge in [0.15, 0.2) is 0 Å². The zero-order valence-corrected chi connectivity index (χ0v) is 24.2. The number of anilines is 2. The van der Waals surface area contributed by atoms with Crippen molar-refractivity contribution < 1.29 is 9.47 Å². The van der Waals surface area contributed by atoms with Gasteiger partial charge in [0.2, 0.25) is 0 Å². The quantitative estimate of drug-likeness (QED) is 0.100. The zero-order valence-electron chi connectivity index (χ0n) is 24.2. The number of nitrogens with zero attached hydrogens (tertiary/aromatic N) is 2. The van der Waals surface area contributed by atoms with E-state index in [0.717, 1.165) is 56.1 Å². The van der Waals surface area contributed by atoms with Gasteiger partial charge in [0.1, 0.15) is 11.5 Å². The molecular weight excluding hydrogens is 528 g/mol. The monoisotopic (exact) mass is 560 g/mol. The average Bonchev–Trinajstić information content (AvgIpc) is 3.08. The van der Waals surface area contributed by atoms with Crippen LogP contribution in [-0.2, 0) is 0 Å². The first-order valence-corrected chi connectivity index (χ1v) is 14.2. The van der Waals surface area contributed by atoms with Crippen molar-refractivity contribution in [3.8, 4) is 11.5 Å². The summed E-state index contributed by atoms with van der Waals surface area (Å²) in [5.74, 6) is 1.66. The molecule has 4 heteroatoms. The van der Waals surface area contributed by atoms with E-state index in [0.29, 0.717) is 0 Å². The minimum absolute atomic E-state index is 0.828. The van der Waals surface area contributed by atoms with Gasteiger partial charge in [-0.15, -0.1) is 0 Å². The highest BCUT2D eigenvalue weighted by Crippen LogP contribution is 2.33. The number of fused-ring (bicyclic) bond motifs is 1. The van der Waals surface area contributed by atoms with Gasteiger partial charge in [-0.1, -0.05) is 103 Å². The molecule has 0 N–H and O–H groups in total. The summed E-state index contributed by atoms with van der Waals surface area (Å²) in [7, 11) is 3.36. The van der Waals surface area contributed by atoms with E-state index in [9.17, 15) is 0 Å². The molecule has 6 rings (SSSR count). The number of benzene rings is 6.